The second-order valence-electron chi connectivity index (χ2n) is 3.79. The molecule has 0 radical (unpaired) electrons. The summed E-state index contributed by atoms with van der Waals surface area (Å²) < 4.78 is 10.0. The van der Waals surface area contributed by atoms with E-state index in [4.69, 9.17) is 15.3 Å². The van der Waals surface area contributed by atoms with E-state index < -0.39 is 18.1 Å². The van der Waals surface area contributed by atoms with Crippen LogP contribution >= 0.6 is 0 Å². The van der Waals surface area contributed by atoms with Crippen molar-refractivity contribution in [2.45, 2.75) is 19.0 Å². The first-order chi connectivity index (χ1) is 8.10. The van der Waals surface area contributed by atoms with Crippen LogP contribution in [0.3, 0.4) is 0 Å². The molecule has 2 aliphatic rings. The number of carbonyl (C=O) groups excluding carboxylic acids is 2. The van der Waals surface area contributed by atoms with Gasteiger partial charge in [-0.1, -0.05) is 0 Å². The molecule has 2 bridgehead atoms. The first kappa shape index (κ1) is 11.8. The molecule has 2 atom stereocenters. The zero-order valence-electron chi connectivity index (χ0n) is 9.67. The molecule has 2 rings (SSSR count). The average molecular weight is 238 g/mol. The summed E-state index contributed by atoms with van der Waals surface area (Å²) >= 11 is 0. The van der Waals surface area contributed by atoms with E-state index in [0.29, 0.717) is 11.3 Å². The molecule has 0 saturated carbocycles. The normalized spacial score (nSPS) is 27.6. The van der Waals surface area contributed by atoms with Gasteiger partial charge in [-0.2, -0.15) is 0 Å². The Balaban J connectivity index is 2.35. The molecule has 0 amide bonds. The van der Waals surface area contributed by atoms with E-state index in [0.717, 1.165) is 0 Å². The number of rotatable bonds is 3. The maximum Gasteiger partial charge on any atom is 0.335 e. The van der Waals surface area contributed by atoms with Crippen molar-refractivity contribution in [3.8, 4) is 0 Å². The van der Waals surface area contributed by atoms with E-state index in [1.807, 2.05) is 0 Å². The fourth-order valence-electron chi connectivity index (χ4n) is 2.07. The number of hydrogen-bond acceptors (Lipinski definition) is 6. The first-order valence-corrected chi connectivity index (χ1v) is 5.31. The van der Waals surface area contributed by atoms with Crippen LogP contribution in [0, 0.1) is 0 Å². The molecule has 2 aliphatic heterocycles. The van der Waals surface area contributed by atoms with Gasteiger partial charge in [0, 0.05) is 6.08 Å². The van der Waals surface area contributed by atoms with E-state index in [1.165, 1.54) is 24.3 Å². The number of ether oxygens (including phenoxy) is 2. The Kier molecular flexibility index (Phi) is 2.99. The number of ketones is 1. The molecule has 0 aromatic rings. The highest BCUT2D eigenvalue weighted by Crippen LogP contribution is 2.32. The number of hydrazine groups is 1. The van der Waals surface area contributed by atoms with Crippen LogP contribution in [0.5, 0.6) is 0 Å². The van der Waals surface area contributed by atoms with E-state index in [-0.39, 0.29) is 12.4 Å². The predicted octanol–water partition coefficient (Wildman–Crippen LogP) is -0.485. The third-order valence-corrected chi connectivity index (χ3v) is 2.84. The maximum absolute atomic E-state index is 11.7. The van der Waals surface area contributed by atoms with Crippen LogP contribution < -0.4 is 5.84 Å². The molecular weight excluding hydrogens is 224 g/mol. The number of fused-ring (bicyclic) bond motifs is 2. The molecule has 0 fully saturated rings. The molecule has 0 saturated heterocycles. The highest BCUT2D eigenvalue weighted by Gasteiger charge is 2.45. The molecule has 0 spiro atoms. The van der Waals surface area contributed by atoms with Crippen molar-refractivity contribution in [1.82, 2.24) is 5.01 Å². The van der Waals surface area contributed by atoms with E-state index in [1.54, 1.807) is 6.92 Å². The standard InChI is InChI=1S/C11H14N2O4/c1-3-17-11(15)6-4-7-8(14)5-9(16-2)10(6)13(7)12/h4-5,7,10H,3,12H2,1-2H3. The van der Waals surface area contributed by atoms with Gasteiger partial charge in [0.25, 0.3) is 0 Å². The van der Waals surface area contributed by atoms with Crippen molar-refractivity contribution in [1.29, 1.82) is 0 Å². The molecule has 2 heterocycles. The number of carbonyl (C=O) groups is 2. The predicted molar refractivity (Wildman–Crippen MR) is 58.4 cm³/mol. The maximum atomic E-state index is 11.7. The number of nitrogens with zero attached hydrogens (tertiary/aromatic N) is 1. The number of hydrogen-bond donors (Lipinski definition) is 1. The van der Waals surface area contributed by atoms with Crippen LogP contribution in [0.4, 0.5) is 0 Å². The van der Waals surface area contributed by atoms with E-state index in [2.05, 4.69) is 0 Å². The minimum atomic E-state index is -0.599. The average Bonchev–Trinajstić information content (AvgIpc) is 2.54. The number of methoxy groups -OCH3 is 1. The summed E-state index contributed by atoms with van der Waals surface area (Å²) in [5.41, 5.74) is 0.360. The Morgan fingerprint density at radius 3 is 2.88 bits per heavy atom. The van der Waals surface area contributed by atoms with Crippen molar-refractivity contribution in [2.24, 2.45) is 5.84 Å². The van der Waals surface area contributed by atoms with Crippen molar-refractivity contribution >= 4 is 11.8 Å². The minimum absolute atomic E-state index is 0.195. The Morgan fingerprint density at radius 1 is 1.59 bits per heavy atom. The van der Waals surface area contributed by atoms with Crippen LogP contribution in [0.1, 0.15) is 6.92 Å². The van der Waals surface area contributed by atoms with Crippen LogP contribution in [0.15, 0.2) is 23.5 Å². The highest BCUT2D eigenvalue weighted by atomic mass is 16.5. The highest BCUT2D eigenvalue weighted by molar-refractivity contribution is 6.02. The lowest BCUT2D eigenvalue weighted by Crippen LogP contribution is -2.51. The molecule has 2 N–H and O–H groups in total. The lowest BCUT2D eigenvalue weighted by Gasteiger charge is -2.30. The molecule has 0 aromatic carbocycles. The monoisotopic (exact) mass is 238 g/mol. The van der Waals surface area contributed by atoms with E-state index >= 15 is 0 Å². The summed E-state index contributed by atoms with van der Waals surface area (Å²) in [6.07, 6.45) is 2.91. The van der Waals surface area contributed by atoms with Gasteiger partial charge in [0.15, 0.2) is 5.78 Å². The van der Waals surface area contributed by atoms with Gasteiger partial charge in [-0.3, -0.25) is 10.6 Å². The minimum Gasteiger partial charge on any atom is -0.499 e. The molecular formula is C11H14N2O4. The Morgan fingerprint density at radius 2 is 2.29 bits per heavy atom. The van der Waals surface area contributed by atoms with Gasteiger partial charge in [-0.15, -0.1) is 0 Å². The quantitative estimate of drug-likeness (QED) is 0.528. The van der Waals surface area contributed by atoms with Gasteiger partial charge in [-0.05, 0) is 13.0 Å². The van der Waals surface area contributed by atoms with Crippen molar-refractivity contribution in [3.63, 3.8) is 0 Å². The summed E-state index contributed by atoms with van der Waals surface area (Å²) in [6, 6.07) is -1.12. The molecule has 0 aliphatic carbocycles. The van der Waals surface area contributed by atoms with Gasteiger partial charge in [0.1, 0.15) is 17.8 Å². The molecule has 6 heteroatoms. The molecule has 0 aromatic heterocycles. The van der Waals surface area contributed by atoms with E-state index in [9.17, 15) is 9.59 Å². The van der Waals surface area contributed by atoms with Crippen LogP contribution in [-0.4, -0.2) is 42.6 Å². The second-order valence-corrected chi connectivity index (χ2v) is 3.79. The summed E-state index contributed by atoms with van der Waals surface area (Å²) in [4.78, 5) is 23.4. The van der Waals surface area contributed by atoms with Gasteiger partial charge in [0.2, 0.25) is 0 Å². The molecule has 2 unspecified atom stereocenters. The lowest BCUT2D eigenvalue weighted by atomic mass is 10.1. The van der Waals surface area contributed by atoms with Gasteiger partial charge in [0.05, 0.1) is 19.3 Å². The smallest absolute Gasteiger partial charge is 0.335 e. The fourth-order valence-corrected chi connectivity index (χ4v) is 2.07. The lowest BCUT2D eigenvalue weighted by molar-refractivity contribution is -0.139. The Bertz CT molecular complexity index is 427. The molecule has 6 nitrogen and oxygen atoms in total. The van der Waals surface area contributed by atoms with Gasteiger partial charge in [-0.25, -0.2) is 9.80 Å². The molecule has 17 heavy (non-hydrogen) atoms. The van der Waals surface area contributed by atoms with Crippen LogP contribution in [-0.2, 0) is 19.1 Å². The number of nitrogens with two attached hydrogens (primary N) is 1. The zero-order chi connectivity index (χ0) is 12.6. The third kappa shape index (κ3) is 1.75. The summed E-state index contributed by atoms with van der Waals surface area (Å²) in [5.74, 6) is 5.50. The Labute approximate surface area is 98.6 Å². The number of esters is 1. The second kappa shape index (κ2) is 4.31. The molecule has 92 valence electrons. The Hall–Kier alpha value is -1.66. The summed E-state index contributed by atoms with van der Waals surface area (Å²) in [6.45, 7) is 2.00. The third-order valence-electron chi connectivity index (χ3n) is 2.84. The van der Waals surface area contributed by atoms with Crippen LogP contribution in [0.25, 0.3) is 0 Å². The van der Waals surface area contributed by atoms with Crippen molar-refractivity contribution < 1.29 is 19.1 Å². The topological polar surface area (TPSA) is 81.9 Å². The van der Waals surface area contributed by atoms with Crippen molar-refractivity contribution in [3.05, 3.63) is 23.5 Å². The summed E-state index contributed by atoms with van der Waals surface area (Å²) in [7, 11) is 1.44. The van der Waals surface area contributed by atoms with Crippen LogP contribution in [0.2, 0.25) is 0 Å². The van der Waals surface area contributed by atoms with Gasteiger partial charge < -0.3 is 9.47 Å². The fraction of sp³-hybridized carbons (Fsp3) is 0.455. The first-order valence-electron chi connectivity index (χ1n) is 5.31. The largest absolute Gasteiger partial charge is 0.499 e. The zero-order valence-corrected chi connectivity index (χ0v) is 9.67. The summed E-state index contributed by atoms with van der Waals surface area (Å²) in [5, 5.41) is 1.31. The SMILES string of the molecule is CCOC(=O)C1=CC2C(=O)C=C(OC)C1N2N. The van der Waals surface area contributed by atoms with Crippen molar-refractivity contribution in [2.75, 3.05) is 13.7 Å². The van der Waals surface area contributed by atoms with Gasteiger partial charge >= 0.3 is 5.97 Å².